The summed E-state index contributed by atoms with van der Waals surface area (Å²) in [5.41, 5.74) is 10.0. The largest absolute Gasteiger partial charge is 0.462 e. The van der Waals surface area contributed by atoms with Crippen molar-refractivity contribution in [3.05, 3.63) is 95.6 Å². The van der Waals surface area contributed by atoms with Gasteiger partial charge in [-0.3, -0.25) is 0 Å². The number of aliphatic hydroxyl groups excluding tert-OH is 1. The molecule has 0 aliphatic heterocycles. The summed E-state index contributed by atoms with van der Waals surface area (Å²) in [6, 6.07) is 22.2. The highest BCUT2D eigenvalue weighted by Gasteiger charge is 2.09. The van der Waals surface area contributed by atoms with Gasteiger partial charge in [0.15, 0.2) is 0 Å². The van der Waals surface area contributed by atoms with Crippen molar-refractivity contribution in [3.63, 3.8) is 0 Å². The van der Waals surface area contributed by atoms with Crippen molar-refractivity contribution in [2.75, 3.05) is 13.2 Å². The Kier molecular flexibility index (Phi) is 11.0. The minimum absolute atomic E-state index is 0.160. The highest BCUT2D eigenvalue weighted by atomic mass is 16.5. The van der Waals surface area contributed by atoms with Crippen molar-refractivity contribution < 1.29 is 14.6 Å². The molecule has 0 spiro atoms. The molecule has 0 aromatic heterocycles. The number of unbranched alkanes of at least 4 members (excludes halogenated alkanes) is 2. The van der Waals surface area contributed by atoms with E-state index in [2.05, 4.69) is 81.1 Å². The lowest BCUT2D eigenvalue weighted by molar-refractivity contribution is -0.137. The summed E-state index contributed by atoms with van der Waals surface area (Å²) in [4.78, 5) is 11.4. The van der Waals surface area contributed by atoms with E-state index in [4.69, 9.17) is 4.74 Å². The number of rotatable bonds is 14. The summed E-state index contributed by atoms with van der Waals surface area (Å²) in [5.74, 6) is -0.404. The van der Waals surface area contributed by atoms with Crippen LogP contribution in [-0.4, -0.2) is 24.3 Å². The standard InChI is InChI=1S/C33H40O3/c1-4-7-8-10-25-12-19-32(26(5-2)23-25)29-16-13-28(14-17-29)30-18-15-27(11-9-21-34)31(24-30)20-22-36-33(35)6-3/h6,12-19,23-24,34H,3-5,7-11,20-22H2,1-2H3. The van der Waals surface area contributed by atoms with Gasteiger partial charge in [-0.05, 0) is 76.6 Å². The first-order valence-electron chi connectivity index (χ1n) is 13.3. The number of hydrogen-bond acceptors (Lipinski definition) is 3. The van der Waals surface area contributed by atoms with Crippen LogP contribution < -0.4 is 0 Å². The number of esters is 1. The highest BCUT2D eigenvalue weighted by molar-refractivity contribution is 5.81. The molecule has 36 heavy (non-hydrogen) atoms. The molecule has 1 N–H and O–H groups in total. The minimum atomic E-state index is -0.404. The van der Waals surface area contributed by atoms with E-state index in [1.165, 1.54) is 53.2 Å². The maximum Gasteiger partial charge on any atom is 0.330 e. The molecule has 3 aromatic rings. The second-order valence-electron chi connectivity index (χ2n) is 9.31. The van der Waals surface area contributed by atoms with Crippen LogP contribution in [0.3, 0.4) is 0 Å². The minimum Gasteiger partial charge on any atom is -0.462 e. The second kappa shape index (κ2) is 14.4. The van der Waals surface area contributed by atoms with Crippen molar-refractivity contribution in [1.29, 1.82) is 0 Å². The topological polar surface area (TPSA) is 46.5 Å². The fourth-order valence-corrected chi connectivity index (χ4v) is 4.67. The lowest BCUT2D eigenvalue weighted by atomic mass is 9.92. The van der Waals surface area contributed by atoms with Crippen LogP contribution in [-0.2, 0) is 35.2 Å². The molecule has 0 atom stereocenters. The van der Waals surface area contributed by atoms with Gasteiger partial charge in [0.05, 0.1) is 6.61 Å². The van der Waals surface area contributed by atoms with Crippen LogP contribution in [0.5, 0.6) is 0 Å². The zero-order valence-corrected chi connectivity index (χ0v) is 21.9. The first-order valence-corrected chi connectivity index (χ1v) is 13.3. The van der Waals surface area contributed by atoms with Gasteiger partial charge in [0.1, 0.15) is 0 Å². The molecule has 0 radical (unpaired) electrons. The van der Waals surface area contributed by atoms with Gasteiger partial charge in [-0.1, -0.05) is 93.9 Å². The van der Waals surface area contributed by atoms with Gasteiger partial charge in [0, 0.05) is 19.1 Å². The molecular weight excluding hydrogens is 444 g/mol. The molecule has 0 amide bonds. The van der Waals surface area contributed by atoms with Crippen LogP contribution in [0.15, 0.2) is 73.3 Å². The van der Waals surface area contributed by atoms with Crippen LogP contribution in [0.2, 0.25) is 0 Å². The maximum atomic E-state index is 11.4. The van der Waals surface area contributed by atoms with Crippen molar-refractivity contribution in [1.82, 2.24) is 0 Å². The van der Waals surface area contributed by atoms with Crippen LogP contribution in [0, 0.1) is 0 Å². The number of ether oxygens (including phenoxy) is 1. The summed E-state index contributed by atoms with van der Waals surface area (Å²) in [7, 11) is 0. The molecule has 0 unspecified atom stereocenters. The van der Waals surface area contributed by atoms with Crippen LogP contribution >= 0.6 is 0 Å². The zero-order chi connectivity index (χ0) is 25.8. The molecule has 0 saturated heterocycles. The Morgan fingerprint density at radius 2 is 1.56 bits per heavy atom. The third-order valence-corrected chi connectivity index (χ3v) is 6.74. The average Bonchev–Trinajstić information content (AvgIpc) is 2.92. The first kappa shape index (κ1) is 27.4. The fraction of sp³-hybridized carbons (Fsp3) is 0.364. The molecular formula is C33H40O3. The normalized spacial score (nSPS) is 10.9. The molecule has 3 aromatic carbocycles. The van der Waals surface area contributed by atoms with E-state index in [1.807, 2.05) is 0 Å². The van der Waals surface area contributed by atoms with Gasteiger partial charge in [-0.2, -0.15) is 0 Å². The number of aryl methyl sites for hydroxylation is 3. The van der Waals surface area contributed by atoms with Crippen molar-refractivity contribution in [2.24, 2.45) is 0 Å². The Balaban J connectivity index is 1.81. The molecule has 190 valence electrons. The Morgan fingerprint density at radius 1 is 0.806 bits per heavy atom. The number of aliphatic hydroxyl groups is 1. The Labute approximate surface area is 216 Å². The molecule has 0 fully saturated rings. The SMILES string of the molecule is C=CC(=O)OCCc1cc(-c2ccc(-c3ccc(CCCCC)cc3CC)cc2)ccc1CCCO. The van der Waals surface area contributed by atoms with Gasteiger partial charge in [-0.25, -0.2) is 4.79 Å². The van der Waals surface area contributed by atoms with E-state index in [0.717, 1.165) is 36.0 Å². The molecule has 3 nitrogen and oxygen atoms in total. The molecule has 0 aliphatic rings. The predicted octanol–water partition coefficient (Wildman–Crippen LogP) is 7.51. The quantitative estimate of drug-likeness (QED) is 0.146. The summed E-state index contributed by atoms with van der Waals surface area (Å²) in [6.07, 6.45) is 9.31. The van der Waals surface area contributed by atoms with E-state index in [9.17, 15) is 9.90 Å². The van der Waals surface area contributed by atoms with Gasteiger partial charge in [-0.15, -0.1) is 0 Å². The van der Waals surface area contributed by atoms with Crippen LogP contribution in [0.1, 0.15) is 61.8 Å². The van der Waals surface area contributed by atoms with Crippen LogP contribution in [0.25, 0.3) is 22.3 Å². The summed E-state index contributed by atoms with van der Waals surface area (Å²) in [5, 5.41) is 9.27. The second-order valence-corrected chi connectivity index (χ2v) is 9.31. The maximum absolute atomic E-state index is 11.4. The first-order chi connectivity index (χ1) is 17.6. The highest BCUT2D eigenvalue weighted by Crippen LogP contribution is 2.30. The molecule has 0 bridgehead atoms. The Bertz CT molecular complexity index is 1130. The number of carbonyl (C=O) groups excluding carboxylic acids is 1. The summed E-state index contributed by atoms with van der Waals surface area (Å²) < 4.78 is 5.22. The Hall–Kier alpha value is -3.17. The van der Waals surface area contributed by atoms with Crippen molar-refractivity contribution >= 4 is 5.97 Å². The van der Waals surface area contributed by atoms with E-state index >= 15 is 0 Å². The molecule has 0 heterocycles. The van der Waals surface area contributed by atoms with E-state index in [-0.39, 0.29) is 6.61 Å². The van der Waals surface area contributed by atoms with Gasteiger partial charge < -0.3 is 9.84 Å². The lowest BCUT2D eigenvalue weighted by Crippen LogP contribution is -2.06. The fourth-order valence-electron chi connectivity index (χ4n) is 4.67. The lowest BCUT2D eigenvalue weighted by Gasteiger charge is -2.14. The smallest absolute Gasteiger partial charge is 0.330 e. The number of carbonyl (C=O) groups is 1. The van der Waals surface area contributed by atoms with Crippen LogP contribution in [0.4, 0.5) is 0 Å². The summed E-state index contributed by atoms with van der Waals surface area (Å²) >= 11 is 0. The van der Waals surface area contributed by atoms with Gasteiger partial charge in [0.2, 0.25) is 0 Å². The summed E-state index contributed by atoms with van der Waals surface area (Å²) in [6.45, 7) is 8.41. The van der Waals surface area contributed by atoms with E-state index < -0.39 is 5.97 Å². The molecule has 0 saturated carbocycles. The number of hydrogen-bond donors (Lipinski definition) is 1. The van der Waals surface area contributed by atoms with E-state index in [0.29, 0.717) is 19.4 Å². The number of benzene rings is 3. The Morgan fingerprint density at radius 3 is 2.25 bits per heavy atom. The van der Waals surface area contributed by atoms with Gasteiger partial charge >= 0.3 is 5.97 Å². The van der Waals surface area contributed by atoms with Crippen molar-refractivity contribution in [2.45, 2.75) is 65.2 Å². The molecule has 0 aliphatic carbocycles. The van der Waals surface area contributed by atoms with Gasteiger partial charge in [0.25, 0.3) is 0 Å². The predicted molar refractivity (Wildman–Crippen MR) is 150 cm³/mol. The van der Waals surface area contributed by atoms with Crippen molar-refractivity contribution in [3.8, 4) is 22.3 Å². The zero-order valence-electron chi connectivity index (χ0n) is 21.9. The average molecular weight is 485 g/mol. The van der Waals surface area contributed by atoms with E-state index in [1.54, 1.807) is 0 Å². The molecule has 3 heteroatoms. The molecule has 3 rings (SSSR count). The monoisotopic (exact) mass is 484 g/mol. The third-order valence-electron chi connectivity index (χ3n) is 6.74. The third kappa shape index (κ3) is 7.66.